The molecule has 0 aromatic rings. The third-order valence-corrected chi connectivity index (χ3v) is 8.52. The highest BCUT2D eigenvalue weighted by molar-refractivity contribution is 6.15. The van der Waals surface area contributed by atoms with Gasteiger partial charge in [-0.2, -0.15) is 0 Å². The Balaban J connectivity index is 5.53. The average molecular weight is 612 g/mol. The molecule has 3 unspecified atom stereocenters. The Hall–Kier alpha value is -1.88. The molecule has 3 atom stereocenters. The highest BCUT2D eigenvalue weighted by Crippen LogP contribution is 2.34. The predicted octanol–water partition coefficient (Wildman–Crippen LogP) is 5.13. The number of Topliss-reactive ketones (excluding diaryl/α,β-unsaturated/α-hetero) is 2. The van der Waals surface area contributed by atoms with Crippen LogP contribution in [0.2, 0.25) is 0 Å². The average Bonchev–Trinajstić information content (AvgIpc) is 2.99. The van der Waals surface area contributed by atoms with Gasteiger partial charge in [-0.15, -0.1) is 0 Å². The number of amides is 1. The normalized spacial score (nSPS) is 14.2. The van der Waals surface area contributed by atoms with Crippen LogP contribution in [0.3, 0.4) is 0 Å². The standard InChI is InChI=1S/C33H65N5O5/c1-3-5-7-8-9-10-11-12-13-14-15-16-17-23-29(39)27(21-20-26-35)33(32(42)43,38(37)30(40)24-6-4-2)31(41)28(36)22-18-19-25-34/h27-28H,3-26,34-37H2,1-2H3,(H,42,43). The van der Waals surface area contributed by atoms with Gasteiger partial charge in [-0.1, -0.05) is 104 Å². The van der Waals surface area contributed by atoms with Crippen molar-refractivity contribution in [2.45, 2.75) is 167 Å². The largest absolute Gasteiger partial charge is 0.479 e. The lowest BCUT2D eigenvalue weighted by atomic mass is 9.71. The van der Waals surface area contributed by atoms with Gasteiger partial charge in [-0.05, 0) is 51.6 Å². The van der Waals surface area contributed by atoms with Crippen LogP contribution in [0.25, 0.3) is 0 Å². The van der Waals surface area contributed by atoms with Crippen molar-refractivity contribution in [3.63, 3.8) is 0 Å². The van der Waals surface area contributed by atoms with Crippen molar-refractivity contribution >= 4 is 23.4 Å². The molecule has 0 aromatic carbocycles. The molecule has 10 nitrogen and oxygen atoms in total. The van der Waals surface area contributed by atoms with Crippen molar-refractivity contribution in [3.8, 4) is 0 Å². The number of hydrogen-bond acceptors (Lipinski definition) is 8. The van der Waals surface area contributed by atoms with Crippen LogP contribution in [0, 0.1) is 5.92 Å². The van der Waals surface area contributed by atoms with E-state index in [0.717, 1.165) is 19.3 Å². The van der Waals surface area contributed by atoms with E-state index in [1.54, 1.807) is 0 Å². The molecule has 0 fully saturated rings. The van der Waals surface area contributed by atoms with Crippen LogP contribution in [0.15, 0.2) is 0 Å². The molecule has 0 bridgehead atoms. The number of carbonyl (C=O) groups excluding carboxylic acids is 3. The predicted molar refractivity (Wildman–Crippen MR) is 174 cm³/mol. The monoisotopic (exact) mass is 611 g/mol. The Morgan fingerprint density at radius 3 is 1.60 bits per heavy atom. The SMILES string of the molecule is CCCCCCCCCCCCCCCC(=O)C(CCCN)C(C(=O)O)(C(=O)C(N)CCCCN)N(N)C(=O)CCCC. The molecule has 10 heteroatoms. The molecule has 0 rings (SSSR count). The molecule has 0 radical (unpaired) electrons. The van der Waals surface area contributed by atoms with Gasteiger partial charge >= 0.3 is 5.97 Å². The van der Waals surface area contributed by atoms with Crippen LogP contribution >= 0.6 is 0 Å². The minimum absolute atomic E-state index is 0.0239. The highest BCUT2D eigenvalue weighted by Gasteiger charge is 2.60. The van der Waals surface area contributed by atoms with Crippen LogP contribution in [-0.2, 0) is 19.2 Å². The number of carboxylic acid groups (broad SMARTS) is 1. The van der Waals surface area contributed by atoms with Gasteiger partial charge in [0.1, 0.15) is 5.78 Å². The molecule has 0 heterocycles. The zero-order valence-electron chi connectivity index (χ0n) is 27.5. The van der Waals surface area contributed by atoms with Crippen LogP contribution in [0.4, 0.5) is 0 Å². The van der Waals surface area contributed by atoms with E-state index >= 15 is 0 Å². The van der Waals surface area contributed by atoms with E-state index in [-0.39, 0.29) is 38.0 Å². The molecule has 43 heavy (non-hydrogen) atoms. The number of nitrogens with zero attached hydrogens (tertiary/aromatic N) is 1. The van der Waals surface area contributed by atoms with E-state index in [0.29, 0.717) is 50.1 Å². The molecule has 0 aliphatic rings. The number of carbonyl (C=O) groups is 4. The molecule has 252 valence electrons. The number of hydrogen-bond donors (Lipinski definition) is 5. The number of ketones is 2. The summed E-state index contributed by atoms with van der Waals surface area (Å²) in [7, 11) is 0. The lowest BCUT2D eigenvalue weighted by molar-refractivity contribution is -0.173. The van der Waals surface area contributed by atoms with Gasteiger partial charge in [0, 0.05) is 12.8 Å². The van der Waals surface area contributed by atoms with E-state index in [2.05, 4.69) is 6.92 Å². The Kier molecular flexibility index (Phi) is 24.3. The summed E-state index contributed by atoms with van der Waals surface area (Å²) in [6.07, 6.45) is 17.9. The number of nitrogens with two attached hydrogens (primary N) is 4. The zero-order valence-corrected chi connectivity index (χ0v) is 27.5. The number of aliphatic carboxylic acids is 1. The Bertz CT molecular complexity index is 781. The van der Waals surface area contributed by atoms with Crippen molar-refractivity contribution in [1.82, 2.24) is 5.01 Å². The van der Waals surface area contributed by atoms with Gasteiger partial charge in [-0.25, -0.2) is 10.6 Å². The topological polar surface area (TPSA) is 196 Å². The van der Waals surface area contributed by atoms with E-state index in [9.17, 15) is 24.3 Å². The first-order valence-electron chi connectivity index (χ1n) is 17.2. The number of unbranched alkanes of at least 4 members (excludes halogenated alkanes) is 14. The summed E-state index contributed by atoms with van der Waals surface area (Å²) < 4.78 is 0. The summed E-state index contributed by atoms with van der Waals surface area (Å²) in [4.78, 5) is 53.8. The Labute approximate surface area is 261 Å². The fourth-order valence-corrected chi connectivity index (χ4v) is 5.80. The first-order valence-corrected chi connectivity index (χ1v) is 17.2. The van der Waals surface area contributed by atoms with Crippen molar-refractivity contribution in [1.29, 1.82) is 0 Å². The maximum Gasteiger partial charge on any atom is 0.339 e. The Morgan fingerprint density at radius 2 is 1.14 bits per heavy atom. The van der Waals surface area contributed by atoms with Gasteiger partial charge < -0.3 is 22.3 Å². The third kappa shape index (κ3) is 15.1. The quantitative estimate of drug-likeness (QED) is 0.0240. The van der Waals surface area contributed by atoms with Crippen molar-refractivity contribution < 1.29 is 24.3 Å². The molecule has 9 N–H and O–H groups in total. The molecule has 0 saturated heterocycles. The molecule has 0 saturated carbocycles. The second-order valence-corrected chi connectivity index (χ2v) is 12.1. The first kappa shape index (κ1) is 41.1. The van der Waals surface area contributed by atoms with Gasteiger partial charge in [0.15, 0.2) is 5.78 Å². The summed E-state index contributed by atoms with van der Waals surface area (Å²) in [6, 6.07) is -1.21. The number of carboxylic acids is 1. The summed E-state index contributed by atoms with van der Waals surface area (Å²) in [6.45, 7) is 4.72. The molecule has 1 amide bonds. The lowest BCUT2D eigenvalue weighted by Gasteiger charge is -2.42. The lowest BCUT2D eigenvalue weighted by Crippen LogP contribution is -2.72. The zero-order chi connectivity index (χ0) is 32.5. The fourth-order valence-electron chi connectivity index (χ4n) is 5.80. The van der Waals surface area contributed by atoms with Gasteiger partial charge in [0.25, 0.3) is 0 Å². The summed E-state index contributed by atoms with van der Waals surface area (Å²) in [5.41, 5.74) is 15.0. The maximum atomic E-state index is 13.9. The fraction of sp³-hybridized carbons (Fsp3) is 0.879. The van der Waals surface area contributed by atoms with Gasteiger partial charge in [-0.3, -0.25) is 19.4 Å². The van der Waals surface area contributed by atoms with E-state index in [1.165, 1.54) is 57.8 Å². The van der Waals surface area contributed by atoms with Crippen LogP contribution in [0.1, 0.15) is 155 Å². The van der Waals surface area contributed by atoms with E-state index < -0.39 is 35.2 Å². The van der Waals surface area contributed by atoms with Crippen molar-refractivity contribution in [3.05, 3.63) is 0 Å². The molecular weight excluding hydrogens is 546 g/mol. The van der Waals surface area contributed by atoms with E-state index in [1.807, 2.05) is 6.92 Å². The van der Waals surface area contributed by atoms with E-state index in [4.69, 9.17) is 23.0 Å². The molecule has 0 aromatic heterocycles. The second-order valence-electron chi connectivity index (χ2n) is 12.1. The molecule has 0 spiro atoms. The van der Waals surface area contributed by atoms with Crippen LogP contribution in [-0.4, -0.2) is 58.2 Å². The van der Waals surface area contributed by atoms with Crippen molar-refractivity contribution in [2.75, 3.05) is 13.1 Å². The highest BCUT2D eigenvalue weighted by atomic mass is 16.4. The molecule has 0 aliphatic heterocycles. The van der Waals surface area contributed by atoms with Crippen LogP contribution < -0.4 is 23.0 Å². The van der Waals surface area contributed by atoms with Crippen LogP contribution in [0.5, 0.6) is 0 Å². The smallest absolute Gasteiger partial charge is 0.339 e. The molecular formula is C33H65N5O5. The van der Waals surface area contributed by atoms with Gasteiger partial charge in [0.05, 0.1) is 12.0 Å². The summed E-state index contributed by atoms with van der Waals surface area (Å²) >= 11 is 0. The first-order chi connectivity index (χ1) is 20.7. The molecule has 0 aliphatic carbocycles. The summed E-state index contributed by atoms with van der Waals surface area (Å²) in [5, 5.41) is 11.1. The second kappa shape index (κ2) is 25.4. The number of hydrazine groups is 1. The minimum atomic E-state index is -2.59. The summed E-state index contributed by atoms with van der Waals surface area (Å²) in [5.74, 6) is 1.28. The maximum absolute atomic E-state index is 13.9. The minimum Gasteiger partial charge on any atom is -0.479 e. The number of rotatable bonds is 30. The third-order valence-electron chi connectivity index (χ3n) is 8.52. The van der Waals surface area contributed by atoms with Crippen molar-refractivity contribution in [2.24, 2.45) is 29.0 Å². The Morgan fingerprint density at radius 1 is 0.651 bits per heavy atom. The van der Waals surface area contributed by atoms with Gasteiger partial charge in [0.2, 0.25) is 11.4 Å².